The molecule has 11 heteroatoms. The van der Waals surface area contributed by atoms with Crippen LogP contribution in [0.1, 0.15) is 5.56 Å². The number of benzene rings is 1. The molecule has 9 nitrogen and oxygen atoms in total. The van der Waals surface area contributed by atoms with Gasteiger partial charge in [0.05, 0.1) is 23.9 Å². The number of morpholine rings is 1. The van der Waals surface area contributed by atoms with Crippen molar-refractivity contribution < 1.29 is 22.7 Å². The highest BCUT2D eigenvalue weighted by Crippen LogP contribution is 2.35. The molecule has 2 aliphatic heterocycles. The van der Waals surface area contributed by atoms with Gasteiger partial charge in [-0.3, -0.25) is 4.79 Å². The van der Waals surface area contributed by atoms with E-state index in [0.29, 0.717) is 32.0 Å². The molecule has 1 amide bonds. The van der Waals surface area contributed by atoms with E-state index in [0.717, 1.165) is 11.4 Å². The van der Waals surface area contributed by atoms with Crippen LogP contribution in [0.5, 0.6) is 5.75 Å². The zero-order valence-electron chi connectivity index (χ0n) is 15.4. The van der Waals surface area contributed by atoms with Gasteiger partial charge in [-0.05, 0) is 12.1 Å². The van der Waals surface area contributed by atoms with Crippen LogP contribution in [-0.4, -0.2) is 52.2 Å². The Kier molecular flexibility index (Phi) is 5.59. The number of carbonyl (C=O) groups is 1. The van der Waals surface area contributed by atoms with E-state index < -0.39 is 10.0 Å². The van der Waals surface area contributed by atoms with E-state index in [1.54, 1.807) is 12.3 Å². The topological polar surface area (TPSA) is 110 Å². The lowest BCUT2D eigenvalue weighted by molar-refractivity contribution is -0.118. The van der Waals surface area contributed by atoms with E-state index in [4.69, 9.17) is 21.1 Å². The summed E-state index contributed by atoms with van der Waals surface area (Å²) in [4.78, 5) is 17.8. The number of pyridine rings is 1. The van der Waals surface area contributed by atoms with E-state index >= 15 is 0 Å². The number of nitrogens with zero attached hydrogens (tertiary/aromatic N) is 2. The number of ether oxygens (including phenoxy) is 2. The maximum Gasteiger partial charge on any atom is 0.262 e. The van der Waals surface area contributed by atoms with Crippen molar-refractivity contribution in [2.24, 2.45) is 0 Å². The van der Waals surface area contributed by atoms with Crippen molar-refractivity contribution in [3.63, 3.8) is 0 Å². The number of nitrogens with one attached hydrogen (secondary N) is 2. The number of rotatable bonds is 5. The predicted octanol–water partition coefficient (Wildman–Crippen LogP) is 1.38. The number of fused-ring (bicyclic) bond motifs is 1. The second-order valence-corrected chi connectivity index (χ2v) is 8.67. The second-order valence-electron chi connectivity index (χ2n) is 6.53. The molecular weight excluding hydrogens is 420 g/mol. The standard InChI is InChI=1S/C18H19ClN4O5S/c19-13-8-14-15(28-11-17(24)22-14)9-16(13)29(25,26)21-10-12-2-1-3-20-18(12)23-4-6-27-7-5-23/h1-3,8-9,21H,4-7,10-11H2,(H,22,24). The molecule has 3 heterocycles. The molecule has 1 fully saturated rings. The molecule has 0 radical (unpaired) electrons. The summed E-state index contributed by atoms with van der Waals surface area (Å²) in [5.74, 6) is 0.653. The number of amides is 1. The van der Waals surface area contributed by atoms with Gasteiger partial charge < -0.3 is 19.7 Å². The Morgan fingerprint density at radius 1 is 1.28 bits per heavy atom. The first kappa shape index (κ1) is 19.9. The van der Waals surface area contributed by atoms with Crippen LogP contribution >= 0.6 is 11.6 Å². The fourth-order valence-electron chi connectivity index (χ4n) is 3.17. The minimum absolute atomic E-state index is 0.0124. The lowest BCUT2D eigenvalue weighted by Gasteiger charge is -2.29. The summed E-state index contributed by atoms with van der Waals surface area (Å²) in [5.41, 5.74) is 1.09. The van der Waals surface area contributed by atoms with Gasteiger partial charge in [0, 0.05) is 37.5 Å². The summed E-state index contributed by atoms with van der Waals surface area (Å²) in [6.45, 7) is 2.45. The van der Waals surface area contributed by atoms with E-state index in [1.165, 1.54) is 12.1 Å². The summed E-state index contributed by atoms with van der Waals surface area (Å²) in [6, 6.07) is 6.26. The Labute approximate surface area is 173 Å². The summed E-state index contributed by atoms with van der Waals surface area (Å²) >= 11 is 6.17. The number of sulfonamides is 1. The van der Waals surface area contributed by atoms with Crippen LogP contribution < -0.4 is 19.7 Å². The third-order valence-corrected chi connectivity index (χ3v) is 6.45. The highest BCUT2D eigenvalue weighted by molar-refractivity contribution is 7.89. The first-order valence-electron chi connectivity index (χ1n) is 8.96. The molecule has 1 aromatic heterocycles. The lowest BCUT2D eigenvalue weighted by atomic mass is 10.2. The number of hydrogen-bond donors (Lipinski definition) is 2. The Morgan fingerprint density at radius 3 is 2.86 bits per heavy atom. The quantitative estimate of drug-likeness (QED) is 0.725. The van der Waals surface area contributed by atoms with Crippen LogP contribution in [0, 0.1) is 0 Å². The third-order valence-electron chi connectivity index (χ3n) is 4.59. The molecule has 29 heavy (non-hydrogen) atoms. The molecule has 1 aromatic carbocycles. The normalized spacial score (nSPS) is 16.7. The maximum absolute atomic E-state index is 12.9. The SMILES string of the molecule is O=C1COc2cc(S(=O)(=O)NCc3cccnc3N3CCOCC3)c(Cl)cc2N1. The van der Waals surface area contributed by atoms with E-state index in [2.05, 4.69) is 19.9 Å². The predicted molar refractivity (Wildman–Crippen MR) is 107 cm³/mol. The largest absolute Gasteiger partial charge is 0.482 e. The molecule has 2 aliphatic rings. The summed E-state index contributed by atoms with van der Waals surface area (Å²) < 4.78 is 39.0. The van der Waals surface area contributed by atoms with Crippen LogP contribution in [0.25, 0.3) is 0 Å². The highest BCUT2D eigenvalue weighted by atomic mass is 35.5. The Bertz CT molecular complexity index is 1040. The van der Waals surface area contributed by atoms with Crippen molar-refractivity contribution in [1.29, 1.82) is 0 Å². The van der Waals surface area contributed by atoms with Crippen LogP contribution in [-0.2, 0) is 26.1 Å². The number of aromatic nitrogens is 1. The van der Waals surface area contributed by atoms with Gasteiger partial charge in [0.15, 0.2) is 6.61 Å². The molecule has 4 rings (SSSR count). The van der Waals surface area contributed by atoms with Crippen LogP contribution in [0.15, 0.2) is 35.4 Å². The van der Waals surface area contributed by atoms with Gasteiger partial charge >= 0.3 is 0 Å². The monoisotopic (exact) mass is 438 g/mol. The van der Waals surface area contributed by atoms with Crippen molar-refractivity contribution in [2.45, 2.75) is 11.4 Å². The molecule has 0 atom stereocenters. The van der Waals surface area contributed by atoms with Crippen molar-refractivity contribution in [2.75, 3.05) is 43.1 Å². The van der Waals surface area contributed by atoms with Gasteiger partial charge in [0.1, 0.15) is 16.5 Å². The van der Waals surface area contributed by atoms with Gasteiger partial charge in [0.25, 0.3) is 5.91 Å². The van der Waals surface area contributed by atoms with Crippen molar-refractivity contribution in [3.05, 3.63) is 41.0 Å². The number of carbonyl (C=O) groups excluding carboxylic acids is 1. The summed E-state index contributed by atoms with van der Waals surface area (Å²) in [7, 11) is -3.93. The van der Waals surface area contributed by atoms with Gasteiger partial charge in [0.2, 0.25) is 10.0 Å². The van der Waals surface area contributed by atoms with Gasteiger partial charge in [-0.2, -0.15) is 0 Å². The van der Waals surface area contributed by atoms with Gasteiger partial charge in [-0.25, -0.2) is 18.1 Å². The smallest absolute Gasteiger partial charge is 0.262 e. The van der Waals surface area contributed by atoms with E-state index in [1.807, 2.05) is 6.07 Å². The van der Waals surface area contributed by atoms with Crippen LogP contribution in [0.4, 0.5) is 11.5 Å². The molecular formula is C18H19ClN4O5S. The highest BCUT2D eigenvalue weighted by Gasteiger charge is 2.25. The Morgan fingerprint density at radius 2 is 2.07 bits per heavy atom. The third kappa shape index (κ3) is 4.30. The number of hydrogen-bond acceptors (Lipinski definition) is 7. The first-order valence-corrected chi connectivity index (χ1v) is 10.8. The molecule has 0 unspecified atom stereocenters. The summed E-state index contributed by atoms with van der Waals surface area (Å²) in [6.07, 6.45) is 1.68. The second kappa shape index (κ2) is 8.15. The van der Waals surface area contributed by atoms with Crippen molar-refractivity contribution >= 4 is 39.0 Å². The number of anilines is 2. The zero-order valence-corrected chi connectivity index (χ0v) is 16.9. The van der Waals surface area contributed by atoms with Crippen LogP contribution in [0.2, 0.25) is 5.02 Å². The first-order chi connectivity index (χ1) is 13.9. The molecule has 0 spiro atoms. The fourth-order valence-corrected chi connectivity index (χ4v) is 4.71. The van der Waals surface area contributed by atoms with Gasteiger partial charge in [-0.1, -0.05) is 17.7 Å². The average molecular weight is 439 g/mol. The maximum atomic E-state index is 12.9. The van der Waals surface area contributed by atoms with Crippen molar-refractivity contribution in [1.82, 2.24) is 9.71 Å². The molecule has 2 N–H and O–H groups in total. The summed E-state index contributed by atoms with van der Waals surface area (Å²) in [5, 5.41) is 2.58. The van der Waals surface area contributed by atoms with E-state index in [-0.39, 0.29) is 34.7 Å². The van der Waals surface area contributed by atoms with Gasteiger partial charge in [-0.15, -0.1) is 0 Å². The fraction of sp³-hybridized carbons (Fsp3) is 0.333. The van der Waals surface area contributed by atoms with E-state index in [9.17, 15) is 13.2 Å². The average Bonchev–Trinajstić information content (AvgIpc) is 2.72. The molecule has 0 aliphatic carbocycles. The Balaban J connectivity index is 1.55. The van der Waals surface area contributed by atoms with Crippen molar-refractivity contribution in [3.8, 4) is 5.75 Å². The minimum Gasteiger partial charge on any atom is -0.482 e. The number of halogens is 1. The minimum atomic E-state index is -3.93. The lowest BCUT2D eigenvalue weighted by Crippen LogP contribution is -2.37. The Hall–Kier alpha value is -2.40. The zero-order chi connectivity index (χ0) is 20.4. The molecule has 154 valence electrons. The van der Waals surface area contributed by atoms with Crippen LogP contribution in [0.3, 0.4) is 0 Å². The molecule has 1 saturated heterocycles. The molecule has 0 saturated carbocycles. The molecule has 0 bridgehead atoms. The molecule has 2 aromatic rings.